The van der Waals surface area contributed by atoms with Crippen LogP contribution in [0.25, 0.3) is 0 Å². The van der Waals surface area contributed by atoms with Crippen molar-refractivity contribution in [2.24, 2.45) is 11.8 Å². The number of nitrogens with one attached hydrogen (secondary N) is 1. The summed E-state index contributed by atoms with van der Waals surface area (Å²) < 4.78 is 0. The van der Waals surface area contributed by atoms with E-state index in [1.807, 2.05) is 18.2 Å². The maximum atomic E-state index is 11.5. The number of hydrogen-bond donors (Lipinski definition) is 2. The first-order valence-electron chi connectivity index (χ1n) is 7.46. The van der Waals surface area contributed by atoms with E-state index < -0.39 is 0 Å². The minimum absolute atomic E-state index is 0.150. The van der Waals surface area contributed by atoms with E-state index in [0.717, 1.165) is 25.2 Å². The van der Waals surface area contributed by atoms with Gasteiger partial charge in [0.2, 0.25) is 5.91 Å². The molecule has 0 spiro atoms. The third-order valence-electron chi connectivity index (χ3n) is 4.34. The number of likely N-dealkylation sites (N-methyl/N-ethyl adjacent to an activating group) is 1. The lowest BCUT2D eigenvalue weighted by Gasteiger charge is -2.23. The Bertz CT molecular complexity index is 489. The molecule has 2 rings (SSSR count). The molecule has 1 amide bonds. The van der Waals surface area contributed by atoms with Gasteiger partial charge in [0.15, 0.2) is 0 Å². The van der Waals surface area contributed by atoms with Crippen molar-refractivity contribution in [1.82, 2.24) is 15.2 Å². The maximum Gasteiger partial charge on any atom is 0.238 e. The van der Waals surface area contributed by atoms with Gasteiger partial charge in [0, 0.05) is 25.7 Å². The largest absolute Gasteiger partial charge is 0.305 e. The summed E-state index contributed by atoms with van der Waals surface area (Å²) in [4.78, 5) is 16.3. The molecular weight excluding hydrogens is 264 g/mol. The van der Waals surface area contributed by atoms with Crippen molar-refractivity contribution in [3.63, 3.8) is 0 Å². The van der Waals surface area contributed by atoms with E-state index in [2.05, 4.69) is 42.3 Å². The summed E-state index contributed by atoms with van der Waals surface area (Å²) in [5.41, 5.74) is 4.48. The summed E-state index contributed by atoms with van der Waals surface area (Å²) in [5.74, 6) is 5.70. The van der Waals surface area contributed by atoms with Gasteiger partial charge < -0.3 is 4.90 Å². The topological polar surface area (TPSA) is 61.6 Å². The van der Waals surface area contributed by atoms with Gasteiger partial charge in [-0.1, -0.05) is 31.2 Å². The van der Waals surface area contributed by atoms with Gasteiger partial charge in [0.1, 0.15) is 0 Å². The second kappa shape index (κ2) is 7.02. The number of carbonyl (C=O) groups is 1. The van der Waals surface area contributed by atoms with E-state index in [4.69, 9.17) is 5.84 Å². The molecule has 0 bridgehead atoms. The Morgan fingerprint density at radius 3 is 2.57 bits per heavy atom. The van der Waals surface area contributed by atoms with E-state index in [9.17, 15) is 4.79 Å². The molecule has 5 nitrogen and oxygen atoms in total. The number of benzene rings is 1. The fourth-order valence-corrected chi connectivity index (χ4v) is 3.20. The highest BCUT2D eigenvalue weighted by molar-refractivity contribution is 5.78. The normalized spacial score (nSPS) is 22.7. The maximum absolute atomic E-state index is 11.5. The van der Waals surface area contributed by atoms with E-state index in [1.54, 1.807) is 0 Å². The van der Waals surface area contributed by atoms with Gasteiger partial charge in [0.25, 0.3) is 0 Å². The van der Waals surface area contributed by atoms with Crippen LogP contribution >= 0.6 is 0 Å². The smallest absolute Gasteiger partial charge is 0.238 e. The fourth-order valence-electron chi connectivity index (χ4n) is 3.20. The van der Waals surface area contributed by atoms with Gasteiger partial charge in [-0.3, -0.25) is 15.1 Å². The molecule has 0 aromatic heterocycles. The Hall–Kier alpha value is -1.43. The lowest BCUT2D eigenvalue weighted by atomic mass is 10.0. The number of nitrogens with zero attached hydrogens (tertiary/aromatic N) is 2. The average Bonchev–Trinajstić information content (AvgIpc) is 2.82. The van der Waals surface area contributed by atoms with Crippen molar-refractivity contribution in [1.29, 1.82) is 0 Å². The van der Waals surface area contributed by atoms with Crippen molar-refractivity contribution >= 4 is 5.91 Å². The van der Waals surface area contributed by atoms with Crippen LogP contribution in [0.1, 0.15) is 18.1 Å². The summed E-state index contributed by atoms with van der Waals surface area (Å²) in [6, 6.07) is 8.71. The quantitative estimate of drug-likeness (QED) is 0.474. The first-order valence-corrected chi connectivity index (χ1v) is 7.46. The molecular formula is C16H26N4O. The standard InChI is InChI=1S/C16H26N4O/c1-12-9-20(11-15(12)19(2)3)10-14-7-5-4-6-13(14)8-16(21)18-17/h4-7,12,15H,8-11,17H2,1-3H3,(H,18,21). The summed E-state index contributed by atoms with van der Waals surface area (Å²) in [6.07, 6.45) is 0.340. The predicted molar refractivity (Wildman–Crippen MR) is 84.4 cm³/mol. The fraction of sp³-hybridized carbons (Fsp3) is 0.562. The Labute approximate surface area is 127 Å². The first-order chi connectivity index (χ1) is 10.0. The lowest BCUT2D eigenvalue weighted by molar-refractivity contribution is -0.120. The summed E-state index contributed by atoms with van der Waals surface area (Å²) in [7, 11) is 4.29. The van der Waals surface area contributed by atoms with Crippen LogP contribution < -0.4 is 11.3 Å². The van der Waals surface area contributed by atoms with Crippen LogP contribution in [-0.2, 0) is 17.8 Å². The number of amides is 1. The highest BCUT2D eigenvalue weighted by Gasteiger charge is 2.30. The molecule has 116 valence electrons. The molecule has 1 saturated heterocycles. The molecule has 0 radical (unpaired) electrons. The van der Waals surface area contributed by atoms with Crippen molar-refractivity contribution in [3.05, 3.63) is 35.4 Å². The molecule has 2 atom stereocenters. The van der Waals surface area contributed by atoms with Crippen LogP contribution in [0.2, 0.25) is 0 Å². The number of rotatable bonds is 5. The Morgan fingerprint density at radius 1 is 1.33 bits per heavy atom. The molecule has 0 saturated carbocycles. The third-order valence-corrected chi connectivity index (χ3v) is 4.34. The SMILES string of the molecule is CC1CN(Cc2ccccc2CC(=O)NN)CC1N(C)C. The average molecular weight is 290 g/mol. The lowest BCUT2D eigenvalue weighted by Crippen LogP contribution is -2.34. The molecule has 3 N–H and O–H groups in total. The van der Waals surface area contributed by atoms with Gasteiger partial charge in [-0.25, -0.2) is 5.84 Å². The van der Waals surface area contributed by atoms with Crippen LogP contribution in [0.5, 0.6) is 0 Å². The van der Waals surface area contributed by atoms with Crippen LogP contribution in [0.3, 0.4) is 0 Å². The third kappa shape index (κ3) is 4.03. The van der Waals surface area contributed by atoms with Crippen molar-refractivity contribution < 1.29 is 4.79 Å². The van der Waals surface area contributed by atoms with Crippen LogP contribution in [0.4, 0.5) is 0 Å². The number of carbonyl (C=O) groups excluding carboxylic acids is 1. The first kappa shape index (κ1) is 15.9. The van der Waals surface area contributed by atoms with Crippen LogP contribution in [0, 0.1) is 5.92 Å². The summed E-state index contributed by atoms with van der Waals surface area (Å²) in [5, 5.41) is 0. The van der Waals surface area contributed by atoms with E-state index >= 15 is 0 Å². The number of hydrogen-bond acceptors (Lipinski definition) is 4. The highest BCUT2D eigenvalue weighted by Crippen LogP contribution is 2.23. The molecule has 1 aliphatic heterocycles. The number of nitrogens with two attached hydrogens (primary N) is 1. The van der Waals surface area contributed by atoms with Crippen LogP contribution in [-0.4, -0.2) is 48.9 Å². The minimum Gasteiger partial charge on any atom is -0.305 e. The zero-order chi connectivity index (χ0) is 15.4. The van der Waals surface area contributed by atoms with Crippen molar-refractivity contribution in [2.75, 3.05) is 27.2 Å². The zero-order valence-corrected chi connectivity index (χ0v) is 13.2. The van der Waals surface area contributed by atoms with Gasteiger partial charge >= 0.3 is 0 Å². The molecule has 1 heterocycles. The Morgan fingerprint density at radius 2 is 2.00 bits per heavy atom. The van der Waals surface area contributed by atoms with E-state index in [1.165, 1.54) is 5.56 Å². The predicted octanol–water partition coefficient (Wildman–Crippen LogP) is 0.601. The number of likely N-dealkylation sites (tertiary alicyclic amines) is 1. The zero-order valence-electron chi connectivity index (χ0n) is 13.2. The van der Waals surface area contributed by atoms with Crippen molar-refractivity contribution in [2.45, 2.75) is 25.9 Å². The monoisotopic (exact) mass is 290 g/mol. The molecule has 1 fully saturated rings. The molecule has 0 aliphatic carbocycles. The minimum atomic E-state index is -0.150. The Kier molecular flexibility index (Phi) is 5.33. The summed E-state index contributed by atoms with van der Waals surface area (Å²) >= 11 is 0. The van der Waals surface area contributed by atoms with Crippen molar-refractivity contribution in [3.8, 4) is 0 Å². The second-order valence-corrected chi connectivity index (χ2v) is 6.22. The van der Waals surface area contributed by atoms with Crippen LogP contribution in [0.15, 0.2) is 24.3 Å². The molecule has 2 unspecified atom stereocenters. The van der Waals surface area contributed by atoms with Gasteiger partial charge in [-0.2, -0.15) is 0 Å². The molecule has 21 heavy (non-hydrogen) atoms. The number of hydrazine groups is 1. The molecule has 1 aromatic carbocycles. The second-order valence-electron chi connectivity index (χ2n) is 6.22. The molecule has 1 aromatic rings. The van der Waals surface area contributed by atoms with E-state index in [0.29, 0.717) is 18.4 Å². The molecule has 1 aliphatic rings. The van der Waals surface area contributed by atoms with Gasteiger partial charge in [-0.05, 0) is 31.1 Å². The molecule has 5 heteroatoms. The van der Waals surface area contributed by atoms with E-state index in [-0.39, 0.29) is 5.91 Å². The highest BCUT2D eigenvalue weighted by atomic mass is 16.2. The van der Waals surface area contributed by atoms with Gasteiger partial charge in [-0.15, -0.1) is 0 Å². The summed E-state index contributed by atoms with van der Waals surface area (Å²) in [6.45, 7) is 5.37. The van der Waals surface area contributed by atoms with Gasteiger partial charge in [0.05, 0.1) is 6.42 Å². The Balaban J connectivity index is 2.05.